The van der Waals surface area contributed by atoms with Crippen molar-refractivity contribution in [1.82, 2.24) is 4.90 Å². The number of hydrogen-bond acceptors (Lipinski definition) is 3. The van der Waals surface area contributed by atoms with Gasteiger partial charge in [0.1, 0.15) is 0 Å². The summed E-state index contributed by atoms with van der Waals surface area (Å²) in [5, 5.41) is 0. The van der Waals surface area contributed by atoms with E-state index in [2.05, 4.69) is 4.90 Å². The number of nitrogens with zero attached hydrogens (tertiary/aromatic N) is 1. The molecule has 0 aromatic carbocycles. The average Bonchev–Trinajstić information content (AvgIpc) is 2.27. The first-order valence-corrected chi connectivity index (χ1v) is 5.85. The highest BCUT2D eigenvalue weighted by molar-refractivity contribution is 6.25. The Labute approximate surface area is 96.0 Å². The largest absolute Gasteiger partial charge is 0.466 e. The summed E-state index contributed by atoms with van der Waals surface area (Å²) < 4.78 is 5.02. The zero-order chi connectivity index (χ0) is 11.1. The first-order chi connectivity index (χ1) is 7.27. The Morgan fingerprint density at radius 2 is 2.47 bits per heavy atom. The minimum absolute atomic E-state index is 0.0439. The second-order valence-electron chi connectivity index (χ2n) is 3.71. The Hall–Kier alpha value is -0.540. The maximum Gasteiger partial charge on any atom is 0.310 e. The monoisotopic (exact) mass is 231 g/mol. The molecule has 1 aliphatic heterocycles. The van der Waals surface area contributed by atoms with Gasteiger partial charge >= 0.3 is 5.97 Å². The molecule has 0 amide bonds. The van der Waals surface area contributed by atoms with Crippen molar-refractivity contribution in [2.45, 2.75) is 19.8 Å². The fourth-order valence-electron chi connectivity index (χ4n) is 1.86. The molecule has 1 heterocycles. The Bertz CT molecular complexity index is 231. The molecule has 0 aliphatic carbocycles. The van der Waals surface area contributed by atoms with Crippen LogP contribution in [0.25, 0.3) is 0 Å². The fraction of sp³-hybridized carbons (Fsp3) is 0.727. The molecule has 0 saturated carbocycles. The predicted octanol–water partition coefficient (Wildman–Crippen LogP) is 2.01. The molecule has 1 rings (SSSR count). The molecular weight excluding hydrogens is 214 g/mol. The smallest absolute Gasteiger partial charge is 0.310 e. The molecule has 3 nitrogen and oxygen atoms in total. The van der Waals surface area contributed by atoms with E-state index in [1.54, 1.807) is 0 Å². The number of piperidine rings is 1. The molecule has 1 aliphatic rings. The summed E-state index contributed by atoms with van der Waals surface area (Å²) in [7, 11) is 0. The highest BCUT2D eigenvalue weighted by Gasteiger charge is 2.25. The number of rotatable bonds is 4. The highest BCUT2D eigenvalue weighted by atomic mass is 35.5. The lowest BCUT2D eigenvalue weighted by molar-refractivity contribution is -0.149. The van der Waals surface area contributed by atoms with Gasteiger partial charge in [0.05, 0.1) is 12.5 Å². The van der Waals surface area contributed by atoms with Gasteiger partial charge in [-0.15, -0.1) is 0 Å². The molecule has 0 aromatic rings. The molecular formula is C11H18ClNO2. The molecule has 4 heteroatoms. The van der Waals surface area contributed by atoms with Gasteiger partial charge < -0.3 is 4.74 Å². The van der Waals surface area contributed by atoms with Crippen molar-refractivity contribution in [2.24, 2.45) is 5.92 Å². The molecule has 0 spiro atoms. The van der Waals surface area contributed by atoms with Crippen LogP contribution < -0.4 is 0 Å². The molecule has 15 heavy (non-hydrogen) atoms. The average molecular weight is 232 g/mol. The van der Waals surface area contributed by atoms with E-state index in [1.165, 1.54) is 5.54 Å². The van der Waals surface area contributed by atoms with Crippen molar-refractivity contribution < 1.29 is 9.53 Å². The number of likely N-dealkylation sites (tertiary alicyclic amines) is 1. The van der Waals surface area contributed by atoms with Gasteiger partial charge in [-0.2, -0.15) is 0 Å². The number of carbonyl (C=O) groups is 1. The summed E-state index contributed by atoms with van der Waals surface area (Å²) >= 11 is 5.47. The first-order valence-electron chi connectivity index (χ1n) is 5.42. The first kappa shape index (κ1) is 12.5. The van der Waals surface area contributed by atoms with Gasteiger partial charge in [-0.25, -0.2) is 0 Å². The number of halogens is 1. The number of hydrogen-bond donors (Lipinski definition) is 0. The van der Waals surface area contributed by atoms with Crippen LogP contribution in [-0.2, 0) is 9.53 Å². The third kappa shape index (κ3) is 4.22. The van der Waals surface area contributed by atoms with E-state index in [1.807, 2.05) is 13.0 Å². The van der Waals surface area contributed by atoms with Gasteiger partial charge in [0, 0.05) is 18.6 Å². The van der Waals surface area contributed by atoms with Crippen molar-refractivity contribution in [1.29, 1.82) is 0 Å². The van der Waals surface area contributed by atoms with Gasteiger partial charge in [0.15, 0.2) is 0 Å². The molecule has 1 atom stereocenters. The zero-order valence-corrected chi connectivity index (χ0v) is 9.87. The summed E-state index contributed by atoms with van der Waals surface area (Å²) in [6.45, 7) is 4.96. The van der Waals surface area contributed by atoms with Crippen LogP contribution in [0, 0.1) is 5.92 Å². The van der Waals surface area contributed by atoms with Crippen LogP contribution in [-0.4, -0.2) is 37.1 Å². The van der Waals surface area contributed by atoms with Crippen LogP contribution in [0.2, 0.25) is 0 Å². The maximum atomic E-state index is 11.5. The molecule has 1 fully saturated rings. The highest BCUT2D eigenvalue weighted by Crippen LogP contribution is 2.17. The van der Waals surface area contributed by atoms with Crippen molar-refractivity contribution in [3.05, 3.63) is 11.6 Å². The summed E-state index contributed by atoms with van der Waals surface area (Å²) in [6.07, 6.45) is 3.90. The zero-order valence-electron chi connectivity index (χ0n) is 9.12. The van der Waals surface area contributed by atoms with Crippen molar-refractivity contribution in [2.75, 3.05) is 26.2 Å². The van der Waals surface area contributed by atoms with Crippen LogP contribution in [0.1, 0.15) is 19.8 Å². The third-order valence-electron chi connectivity index (χ3n) is 2.58. The maximum absolute atomic E-state index is 11.5. The summed E-state index contributed by atoms with van der Waals surface area (Å²) in [5.74, 6) is -0.0144. The lowest BCUT2D eigenvalue weighted by atomic mass is 9.98. The van der Waals surface area contributed by atoms with Crippen LogP contribution in [0.15, 0.2) is 11.6 Å². The molecule has 0 radical (unpaired) electrons. The third-order valence-corrected chi connectivity index (χ3v) is 2.76. The van der Waals surface area contributed by atoms with E-state index in [-0.39, 0.29) is 11.9 Å². The number of ether oxygens (including phenoxy) is 1. The summed E-state index contributed by atoms with van der Waals surface area (Å²) in [5.41, 5.74) is 1.52. The number of esters is 1. The molecule has 0 aromatic heterocycles. The fourth-order valence-corrected chi connectivity index (χ4v) is 1.94. The topological polar surface area (TPSA) is 29.5 Å². The quantitative estimate of drug-likeness (QED) is 0.694. The van der Waals surface area contributed by atoms with Crippen LogP contribution in [0.5, 0.6) is 0 Å². The van der Waals surface area contributed by atoms with Gasteiger partial charge in [0.25, 0.3) is 0 Å². The molecule has 1 unspecified atom stereocenters. The SMILES string of the molecule is CCOC(=O)C1CCCN(C/C=C/Cl)C1. The number of carbonyl (C=O) groups excluding carboxylic acids is 1. The molecule has 1 saturated heterocycles. The van der Waals surface area contributed by atoms with E-state index < -0.39 is 0 Å². The van der Waals surface area contributed by atoms with Gasteiger partial charge in [0.2, 0.25) is 0 Å². The van der Waals surface area contributed by atoms with Crippen molar-refractivity contribution in [3.8, 4) is 0 Å². The predicted molar refractivity (Wildman–Crippen MR) is 60.8 cm³/mol. The second kappa shape index (κ2) is 6.85. The standard InChI is InChI=1S/C11H18ClNO2/c1-2-15-11(14)10-5-3-7-13(9-10)8-4-6-12/h4,6,10H,2-3,5,7-9H2,1H3/b6-4+. The van der Waals surface area contributed by atoms with Gasteiger partial charge in [-0.1, -0.05) is 17.7 Å². The van der Waals surface area contributed by atoms with E-state index >= 15 is 0 Å². The van der Waals surface area contributed by atoms with Crippen LogP contribution >= 0.6 is 11.6 Å². The van der Waals surface area contributed by atoms with Crippen molar-refractivity contribution >= 4 is 17.6 Å². The molecule has 86 valence electrons. The lowest BCUT2D eigenvalue weighted by Crippen LogP contribution is -2.39. The minimum atomic E-state index is -0.0583. The van der Waals surface area contributed by atoms with E-state index in [9.17, 15) is 4.79 Å². The molecule has 0 N–H and O–H groups in total. The van der Waals surface area contributed by atoms with E-state index in [0.29, 0.717) is 6.61 Å². The van der Waals surface area contributed by atoms with E-state index in [4.69, 9.17) is 16.3 Å². The minimum Gasteiger partial charge on any atom is -0.466 e. The Kier molecular flexibility index (Phi) is 5.73. The normalized spacial score (nSPS) is 23.2. The Balaban J connectivity index is 2.37. The Morgan fingerprint density at radius 3 is 3.13 bits per heavy atom. The summed E-state index contributed by atoms with van der Waals surface area (Å²) in [4.78, 5) is 13.8. The molecule has 0 bridgehead atoms. The van der Waals surface area contributed by atoms with Crippen molar-refractivity contribution in [3.63, 3.8) is 0 Å². The summed E-state index contributed by atoms with van der Waals surface area (Å²) in [6, 6.07) is 0. The Morgan fingerprint density at radius 1 is 1.67 bits per heavy atom. The van der Waals surface area contributed by atoms with E-state index in [0.717, 1.165) is 32.5 Å². The van der Waals surface area contributed by atoms with Gasteiger partial charge in [-0.3, -0.25) is 9.69 Å². The van der Waals surface area contributed by atoms with Gasteiger partial charge in [-0.05, 0) is 26.3 Å². The van der Waals surface area contributed by atoms with Crippen LogP contribution in [0.4, 0.5) is 0 Å². The second-order valence-corrected chi connectivity index (χ2v) is 3.96. The lowest BCUT2D eigenvalue weighted by Gasteiger charge is -2.30. The van der Waals surface area contributed by atoms with Crippen LogP contribution in [0.3, 0.4) is 0 Å².